The highest BCUT2D eigenvalue weighted by atomic mass is 31.2. The minimum Gasteiger partial charge on any atom is -0.462 e. The summed E-state index contributed by atoms with van der Waals surface area (Å²) in [5.41, 5.74) is 5.31. The number of phosphoric acid groups is 1. The number of carbonyl (C=O) groups excluding carboxylic acids is 2. The normalized spacial score (nSPS) is 13.6. The molecule has 0 fully saturated rings. The summed E-state index contributed by atoms with van der Waals surface area (Å²) in [5.74, 6) is -0.838. The molecule has 0 spiro atoms. The highest BCUT2D eigenvalue weighted by Gasteiger charge is 2.25. The molecular formula is C34H66NO8P. The van der Waals surface area contributed by atoms with Crippen LogP contribution < -0.4 is 5.73 Å². The van der Waals surface area contributed by atoms with Crippen LogP contribution >= 0.6 is 7.82 Å². The van der Waals surface area contributed by atoms with Crippen LogP contribution in [-0.2, 0) is 32.7 Å². The maximum absolute atomic E-state index is 12.5. The summed E-state index contributed by atoms with van der Waals surface area (Å²) in [5, 5.41) is 0. The standard InChI is InChI=1S/C34H66NO8P/c1-3-5-7-9-11-13-15-16-17-19-21-23-25-27-34(37)43-32(31-42-44(38,39)41-29-28-35)30-40-33(36)26-24-22-20-18-14-12-10-8-6-4-2/h13,15,32H,3-12,14,16-31,35H2,1-2H3,(H,38,39)/b15-13-/t32-/m1/s1. The fourth-order valence-electron chi connectivity index (χ4n) is 4.74. The predicted molar refractivity (Wildman–Crippen MR) is 178 cm³/mol. The number of phosphoric ester groups is 1. The number of rotatable bonds is 33. The van der Waals surface area contributed by atoms with Gasteiger partial charge < -0.3 is 20.1 Å². The van der Waals surface area contributed by atoms with Crippen molar-refractivity contribution in [3.8, 4) is 0 Å². The fraction of sp³-hybridized carbons (Fsp3) is 0.882. The zero-order valence-electron chi connectivity index (χ0n) is 28.2. The van der Waals surface area contributed by atoms with Gasteiger partial charge in [-0.1, -0.05) is 122 Å². The largest absolute Gasteiger partial charge is 0.472 e. The molecule has 0 aromatic carbocycles. The third kappa shape index (κ3) is 30.8. The van der Waals surface area contributed by atoms with E-state index in [1.165, 1.54) is 77.0 Å². The summed E-state index contributed by atoms with van der Waals surface area (Å²) < 4.78 is 32.5. The summed E-state index contributed by atoms with van der Waals surface area (Å²) in [4.78, 5) is 34.5. The number of allylic oxidation sites excluding steroid dienone is 2. The molecule has 0 bridgehead atoms. The van der Waals surface area contributed by atoms with E-state index >= 15 is 0 Å². The van der Waals surface area contributed by atoms with Gasteiger partial charge in [-0.3, -0.25) is 18.6 Å². The zero-order chi connectivity index (χ0) is 32.6. The van der Waals surface area contributed by atoms with Gasteiger partial charge in [0.05, 0.1) is 13.2 Å². The molecule has 0 saturated heterocycles. The number of hydrogen-bond donors (Lipinski definition) is 2. The van der Waals surface area contributed by atoms with E-state index in [-0.39, 0.29) is 38.6 Å². The summed E-state index contributed by atoms with van der Waals surface area (Å²) >= 11 is 0. The first kappa shape index (κ1) is 42.8. The molecule has 0 aliphatic carbocycles. The Hall–Kier alpha value is -1.25. The molecule has 0 aliphatic heterocycles. The van der Waals surface area contributed by atoms with Gasteiger partial charge in [0.1, 0.15) is 6.61 Å². The van der Waals surface area contributed by atoms with Crippen LogP contribution in [0.15, 0.2) is 12.2 Å². The van der Waals surface area contributed by atoms with Crippen molar-refractivity contribution in [2.45, 2.75) is 168 Å². The lowest BCUT2D eigenvalue weighted by molar-refractivity contribution is -0.161. The summed E-state index contributed by atoms with van der Waals surface area (Å²) in [6, 6.07) is 0. The van der Waals surface area contributed by atoms with Gasteiger partial charge in [-0.2, -0.15) is 0 Å². The molecule has 44 heavy (non-hydrogen) atoms. The Labute approximate surface area is 269 Å². The topological polar surface area (TPSA) is 134 Å². The maximum Gasteiger partial charge on any atom is 0.472 e. The molecule has 10 heteroatoms. The SMILES string of the molecule is CCCCCC/C=C\CCCCCCCC(=O)O[C@H](COC(=O)CCCCCCCCCCCC)COP(=O)(O)OCCN. The van der Waals surface area contributed by atoms with E-state index in [0.29, 0.717) is 6.42 Å². The zero-order valence-corrected chi connectivity index (χ0v) is 29.0. The lowest BCUT2D eigenvalue weighted by Crippen LogP contribution is -2.29. The Balaban J connectivity index is 4.27. The van der Waals surface area contributed by atoms with Gasteiger partial charge in [-0.15, -0.1) is 0 Å². The Kier molecular flexibility index (Phi) is 30.8. The van der Waals surface area contributed by atoms with Crippen LogP contribution in [0, 0.1) is 0 Å². The molecule has 3 N–H and O–H groups in total. The minimum atomic E-state index is -4.36. The first-order valence-electron chi connectivity index (χ1n) is 17.7. The van der Waals surface area contributed by atoms with E-state index in [2.05, 4.69) is 26.0 Å². The minimum absolute atomic E-state index is 0.0543. The number of esters is 2. The Morgan fingerprint density at radius 2 is 1.11 bits per heavy atom. The van der Waals surface area contributed by atoms with Crippen molar-refractivity contribution in [3.05, 3.63) is 12.2 Å². The van der Waals surface area contributed by atoms with Crippen LogP contribution in [0.25, 0.3) is 0 Å². The molecule has 0 rings (SSSR count). The number of unbranched alkanes of at least 4 members (excludes halogenated alkanes) is 18. The fourth-order valence-corrected chi connectivity index (χ4v) is 5.51. The van der Waals surface area contributed by atoms with Crippen molar-refractivity contribution < 1.29 is 37.6 Å². The van der Waals surface area contributed by atoms with E-state index < -0.39 is 26.5 Å². The van der Waals surface area contributed by atoms with Gasteiger partial charge in [-0.05, 0) is 38.5 Å². The lowest BCUT2D eigenvalue weighted by Gasteiger charge is -2.19. The van der Waals surface area contributed by atoms with Crippen LogP contribution in [0.1, 0.15) is 162 Å². The van der Waals surface area contributed by atoms with Crippen LogP contribution in [0.2, 0.25) is 0 Å². The van der Waals surface area contributed by atoms with Crippen molar-refractivity contribution in [1.29, 1.82) is 0 Å². The molecule has 0 saturated carbocycles. The summed E-state index contributed by atoms with van der Waals surface area (Å²) in [7, 11) is -4.36. The van der Waals surface area contributed by atoms with Crippen LogP contribution in [-0.4, -0.2) is 49.3 Å². The van der Waals surface area contributed by atoms with E-state index in [0.717, 1.165) is 51.4 Å². The summed E-state index contributed by atoms with van der Waals surface area (Å²) in [6.45, 7) is 3.68. The van der Waals surface area contributed by atoms with E-state index in [1.807, 2.05) is 0 Å². The second-order valence-corrected chi connectivity index (χ2v) is 13.2. The highest BCUT2D eigenvalue weighted by Crippen LogP contribution is 2.43. The van der Waals surface area contributed by atoms with Gasteiger partial charge >= 0.3 is 19.8 Å². The average molecular weight is 648 g/mol. The number of ether oxygens (including phenoxy) is 2. The average Bonchev–Trinajstić information content (AvgIpc) is 3.00. The van der Waals surface area contributed by atoms with Gasteiger partial charge in [0.2, 0.25) is 0 Å². The molecule has 260 valence electrons. The van der Waals surface area contributed by atoms with Gasteiger partial charge in [0, 0.05) is 19.4 Å². The second-order valence-electron chi connectivity index (χ2n) is 11.7. The number of hydrogen-bond acceptors (Lipinski definition) is 8. The Morgan fingerprint density at radius 1 is 0.659 bits per heavy atom. The molecular weight excluding hydrogens is 581 g/mol. The molecule has 9 nitrogen and oxygen atoms in total. The third-order valence-electron chi connectivity index (χ3n) is 7.40. The molecule has 0 amide bonds. The first-order chi connectivity index (χ1) is 21.3. The highest BCUT2D eigenvalue weighted by molar-refractivity contribution is 7.47. The molecule has 1 unspecified atom stereocenters. The number of nitrogens with two attached hydrogens (primary N) is 1. The maximum atomic E-state index is 12.5. The molecule has 0 aliphatic rings. The van der Waals surface area contributed by atoms with Crippen LogP contribution in [0.5, 0.6) is 0 Å². The number of carbonyl (C=O) groups is 2. The van der Waals surface area contributed by atoms with E-state index in [1.54, 1.807) is 0 Å². The van der Waals surface area contributed by atoms with Crippen LogP contribution in [0.3, 0.4) is 0 Å². The van der Waals surface area contributed by atoms with Gasteiger partial charge in [0.25, 0.3) is 0 Å². The molecule has 0 aromatic rings. The quantitative estimate of drug-likeness (QED) is 0.0309. The molecule has 0 heterocycles. The van der Waals surface area contributed by atoms with Crippen LogP contribution in [0.4, 0.5) is 0 Å². The van der Waals surface area contributed by atoms with Crippen molar-refractivity contribution in [3.63, 3.8) is 0 Å². The molecule has 2 atom stereocenters. The van der Waals surface area contributed by atoms with Crippen molar-refractivity contribution >= 4 is 19.8 Å². The second kappa shape index (κ2) is 31.7. The summed E-state index contributed by atoms with van der Waals surface area (Å²) in [6.07, 6.45) is 28.1. The van der Waals surface area contributed by atoms with Crippen molar-refractivity contribution in [1.82, 2.24) is 0 Å². The molecule has 0 aromatic heterocycles. The van der Waals surface area contributed by atoms with Gasteiger partial charge in [-0.25, -0.2) is 4.57 Å². The third-order valence-corrected chi connectivity index (χ3v) is 8.39. The van der Waals surface area contributed by atoms with Crippen molar-refractivity contribution in [2.75, 3.05) is 26.4 Å². The van der Waals surface area contributed by atoms with E-state index in [4.69, 9.17) is 24.3 Å². The predicted octanol–water partition coefficient (Wildman–Crippen LogP) is 9.10. The Morgan fingerprint density at radius 3 is 1.64 bits per heavy atom. The lowest BCUT2D eigenvalue weighted by atomic mass is 10.1. The Bertz CT molecular complexity index is 749. The first-order valence-corrected chi connectivity index (χ1v) is 19.2. The smallest absolute Gasteiger partial charge is 0.462 e. The van der Waals surface area contributed by atoms with E-state index in [9.17, 15) is 19.0 Å². The monoisotopic (exact) mass is 647 g/mol. The molecule has 0 radical (unpaired) electrons. The van der Waals surface area contributed by atoms with Gasteiger partial charge in [0.15, 0.2) is 6.10 Å². The van der Waals surface area contributed by atoms with Crippen molar-refractivity contribution in [2.24, 2.45) is 5.73 Å².